The first-order valence-corrected chi connectivity index (χ1v) is 6.48. The Kier molecular flexibility index (Phi) is 6.61. The van der Waals surface area contributed by atoms with Gasteiger partial charge in [-0.1, -0.05) is 0 Å². The van der Waals surface area contributed by atoms with Crippen molar-refractivity contribution < 1.29 is 5.11 Å². The predicted octanol–water partition coefficient (Wildman–Crippen LogP) is -0.235. The quantitative estimate of drug-likeness (QED) is 0.659. The number of aliphatic hydroxyl groups excluding tert-OH is 1. The molecule has 1 atom stereocenters. The molecule has 1 unspecified atom stereocenters. The number of likely N-dealkylation sites (N-methyl/N-ethyl adjacent to an activating group) is 1. The standard InChI is InChI=1S/C11H24ClN3O/c1-13(2)3-4-14-5-7-15(8-6-14)10-11(16)9-12/h11,16H,3-10H2,1-2H3. The van der Waals surface area contributed by atoms with Crippen molar-refractivity contribution in [3.8, 4) is 0 Å². The van der Waals surface area contributed by atoms with Crippen LogP contribution in [0.3, 0.4) is 0 Å². The molecular formula is C11H24ClN3O. The van der Waals surface area contributed by atoms with Crippen molar-refractivity contribution in [1.29, 1.82) is 0 Å². The summed E-state index contributed by atoms with van der Waals surface area (Å²) in [5.41, 5.74) is 0. The third kappa shape index (κ3) is 5.46. The second kappa shape index (κ2) is 7.45. The Balaban J connectivity index is 2.13. The molecular weight excluding hydrogens is 226 g/mol. The molecule has 4 nitrogen and oxygen atoms in total. The van der Waals surface area contributed by atoms with E-state index in [9.17, 15) is 5.11 Å². The molecule has 0 amide bonds. The van der Waals surface area contributed by atoms with Gasteiger partial charge in [-0.3, -0.25) is 9.80 Å². The number of hydrogen-bond acceptors (Lipinski definition) is 4. The average Bonchev–Trinajstić information content (AvgIpc) is 2.28. The number of nitrogens with zero attached hydrogens (tertiary/aromatic N) is 3. The summed E-state index contributed by atoms with van der Waals surface area (Å²) in [7, 11) is 4.21. The first-order chi connectivity index (χ1) is 7.61. The minimum Gasteiger partial charge on any atom is -0.391 e. The zero-order chi connectivity index (χ0) is 12.0. The van der Waals surface area contributed by atoms with E-state index in [1.54, 1.807) is 0 Å². The van der Waals surface area contributed by atoms with Crippen molar-refractivity contribution in [2.75, 3.05) is 65.8 Å². The van der Waals surface area contributed by atoms with Crippen LogP contribution in [-0.2, 0) is 0 Å². The zero-order valence-corrected chi connectivity index (χ0v) is 11.2. The first-order valence-electron chi connectivity index (χ1n) is 5.95. The molecule has 1 aliphatic rings. The molecule has 5 heteroatoms. The van der Waals surface area contributed by atoms with Gasteiger partial charge in [-0.05, 0) is 14.1 Å². The van der Waals surface area contributed by atoms with E-state index in [1.807, 2.05) is 0 Å². The number of alkyl halides is 1. The lowest BCUT2D eigenvalue weighted by Gasteiger charge is -2.35. The second-order valence-corrected chi connectivity index (χ2v) is 5.06. The van der Waals surface area contributed by atoms with E-state index in [4.69, 9.17) is 11.6 Å². The maximum Gasteiger partial charge on any atom is 0.0802 e. The molecule has 1 rings (SSSR count). The lowest BCUT2D eigenvalue weighted by atomic mass is 10.2. The SMILES string of the molecule is CN(C)CCN1CCN(CC(O)CCl)CC1. The highest BCUT2D eigenvalue weighted by Crippen LogP contribution is 2.03. The second-order valence-electron chi connectivity index (χ2n) is 4.75. The summed E-state index contributed by atoms with van der Waals surface area (Å²) in [6, 6.07) is 0. The van der Waals surface area contributed by atoms with Crippen LogP contribution in [0.1, 0.15) is 0 Å². The average molecular weight is 250 g/mol. The van der Waals surface area contributed by atoms with Crippen LogP contribution in [0.15, 0.2) is 0 Å². The fourth-order valence-corrected chi connectivity index (χ4v) is 1.98. The summed E-state index contributed by atoms with van der Waals surface area (Å²) in [5.74, 6) is 0.334. The molecule has 96 valence electrons. The van der Waals surface area contributed by atoms with Crippen LogP contribution in [0.25, 0.3) is 0 Å². The minimum atomic E-state index is -0.380. The molecule has 0 radical (unpaired) electrons. The number of β-amino-alcohol motifs (C(OH)–C–C–N with tert-alkyl or cyclic N) is 1. The van der Waals surface area contributed by atoms with Crippen molar-refractivity contribution >= 4 is 11.6 Å². The van der Waals surface area contributed by atoms with Gasteiger partial charge in [-0.2, -0.15) is 0 Å². The van der Waals surface area contributed by atoms with Gasteiger partial charge in [-0.25, -0.2) is 0 Å². The zero-order valence-electron chi connectivity index (χ0n) is 10.4. The van der Waals surface area contributed by atoms with Crippen molar-refractivity contribution in [1.82, 2.24) is 14.7 Å². The van der Waals surface area contributed by atoms with Crippen molar-refractivity contribution in [2.24, 2.45) is 0 Å². The highest BCUT2D eigenvalue weighted by Gasteiger charge is 2.18. The molecule has 1 N–H and O–H groups in total. The van der Waals surface area contributed by atoms with Crippen LogP contribution in [0.2, 0.25) is 0 Å². The molecule has 1 heterocycles. The van der Waals surface area contributed by atoms with Gasteiger partial charge in [0.1, 0.15) is 0 Å². The molecule has 1 saturated heterocycles. The van der Waals surface area contributed by atoms with Crippen LogP contribution in [0.4, 0.5) is 0 Å². The number of aliphatic hydroxyl groups is 1. The fourth-order valence-electron chi connectivity index (χ4n) is 1.88. The maximum atomic E-state index is 9.46. The van der Waals surface area contributed by atoms with Gasteiger partial charge in [0.25, 0.3) is 0 Å². The molecule has 1 fully saturated rings. The van der Waals surface area contributed by atoms with Crippen LogP contribution in [0.5, 0.6) is 0 Å². The monoisotopic (exact) mass is 249 g/mol. The van der Waals surface area contributed by atoms with Gasteiger partial charge < -0.3 is 10.0 Å². The molecule has 0 bridgehead atoms. The summed E-state index contributed by atoms with van der Waals surface area (Å²) in [6.07, 6.45) is -0.380. The number of hydrogen-bond donors (Lipinski definition) is 1. The molecule has 0 aromatic heterocycles. The van der Waals surface area contributed by atoms with Gasteiger partial charge in [0, 0.05) is 51.7 Å². The Morgan fingerprint density at radius 1 is 1.19 bits per heavy atom. The normalized spacial score (nSPS) is 21.6. The fraction of sp³-hybridized carbons (Fsp3) is 1.00. The maximum absolute atomic E-state index is 9.46. The molecule has 0 aromatic rings. The van der Waals surface area contributed by atoms with Crippen LogP contribution in [-0.4, -0.2) is 91.7 Å². The summed E-state index contributed by atoms with van der Waals surface area (Å²) >= 11 is 5.59. The summed E-state index contributed by atoms with van der Waals surface area (Å²) in [6.45, 7) is 7.25. The summed E-state index contributed by atoms with van der Waals surface area (Å²) in [5, 5.41) is 9.46. The van der Waals surface area contributed by atoms with Crippen LogP contribution < -0.4 is 0 Å². The Labute approximate surface area is 104 Å². The molecule has 0 saturated carbocycles. The van der Waals surface area contributed by atoms with Crippen LogP contribution >= 0.6 is 11.6 Å². The van der Waals surface area contributed by atoms with Crippen molar-refractivity contribution in [2.45, 2.75) is 6.10 Å². The Hall–Kier alpha value is 0.130. The predicted molar refractivity (Wildman–Crippen MR) is 68.2 cm³/mol. The molecule has 0 aliphatic carbocycles. The van der Waals surface area contributed by atoms with Gasteiger partial charge >= 0.3 is 0 Å². The molecule has 0 aromatic carbocycles. The Morgan fingerprint density at radius 3 is 2.25 bits per heavy atom. The van der Waals surface area contributed by atoms with Crippen molar-refractivity contribution in [3.63, 3.8) is 0 Å². The van der Waals surface area contributed by atoms with E-state index in [0.717, 1.165) is 39.3 Å². The lowest BCUT2D eigenvalue weighted by Crippen LogP contribution is -2.49. The third-order valence-electron chi connectivity index (χ3n) is 2.98. The smallest absolute Gasteiger partial charge is 0.0802 e. The van der Waals surface area contributed by atoms with Gasteiger partial charge in [-0.15, -0.1) is 11.6 Å². The van der Waals surface area contributed by atoms with E-state index >= 15 is 0 Å². The molecule has 1 aliphatic heterocycles. The largest absolute Gasteiger partial charge is 0.391 e. The Morgan fingerprint density at radius 2 is 1.75 bits per heavy atom. The van der Waals surface area contributed by atoms with E-state index in [2.05, 4.69) is 28.8 Å². The minimum absolute atomic E-state index is 0.334. The Bertz CT molecular complexity index is 184. The lowest BCUT2D eigenvalue weighted by molar-refractivity contribution is 0.0796. The highest BCUT2D eigenvalue weighted by atomic mass is 35.5. The van der Waals surface area contributed by atoms with Crippen LogP contribution in [0, 0.1) is 0 Å². The highest BCUT2D eigenvalue weighted by molar-refractivity contribution is 6.18. The number of piperazine rings is 1. The topological polar surface area (TPSA) is 30.0 Å². The first kappa shape index (κ1) is 14.2. The van der Waals surface area contributed by atoms with E-state index in [-0.39, 0.29) is 6.10 Å². The number of halogens is 1. The van der Waals surface area contributed by atoms with E-state index in [1.165, 1.54) is 0 Å². The van der Waals surface area contributed by atoms with Gasteiger partial charge in [0.2, 0.25) is 0 Å². The molecule has 16 heavy (non-hydrogen) atoms. The molecule has 0 spiro atoms. The number of rotatable bonds is 6. The van der Waals surface area contributed by atoms with Crippen molar-refractivity contribution in [3.05, 3.63) is 0 Å². The van der Waals surface area contributed by atoms with E-state index < -0.39 is 0 Å². The van der Waals surface area contributed by atoms with Gasteiger partial charge in [0.05, 0.1) is 6.10 Å². The summed E-state index contributed by atoms with van der Waals surface area (Å²) < 4.78 is 0. The summed E-state index contributed by atoms with van der Waals surface area (Å²) in [4.78, 5) is 6.98. The van der Waals surface area contributed by atoms with E-state index in [0.29, 0.717) is 12.4 Å². The van der Waals surface area contributed by atoms with Gasteiger partial charge in [0.15, 0.2) is 0 Å². The third-order valence-corrected chi connectivity index (χ3v) is 3.33.